The molecular weight excluding hydrogens is 567 g/mol. The van der Waals surface area contributed by atoms with Crippen LogP contribution in [0.4, 0.5) is 14.0 Å². The summed E-state index contributed by atoms with van der Waals surface area (Å²) in [6.45, 7) is 10.1. The van der Waals surface area contributed by atoms with E-state index in [1.165, 1.54) is 11.0 Å². The zero-order valence-electron chi connectivity index (χ0n) is 25.9. The van der Waals surface area contributed by atoms with E-state index in [-0.39, 0.29) is 50.3 Å². The van der Waals surface area contributed by atoms with Crippen LogP contribution in [-0.2, 0) is 27.4 Å². The fraction of sp³-hybridized carbons (Fsp3) is 0.606. The van der Waals surface area contributed by atoms with Crippen LogP contribution in [-0.4, -0.2) is 75.5 Å². The van der Waals surface area contributed by atoms with Crippen molar-refractivity contribution in [1.29, 1.82) is 0 Å². The second-order valence-electron chi connectivity index (χ2n) is 13.5. The van der Waals surface area contributed by atoms with Crippen molar-refractivity contribution in [3.05, 3.63) is 59.6 Å². The van der Waals surface area contributed by atoms with E-state index in [0.29, 0.717) is 24.1 Å². The van der Waals surface area contributed by atoms with Crippen molar-refractivity contribution >= 4 is 18.1 Å². The number of nitrogens with one attached hydrogen (secondary N) is 2. The lowest BCUT2D eigenvalue weighted by atomic mass is 10.0. The van der Waals surface area contributed by atoms with E-state index in [9.17, 15) is 23.9 Å². The van der Waals surface area contributed by atoms with Gasteiger partial charge in [0.15, 0.2) is 0 Å². The quantitative estimate of drug-likeness (QED) is 0.430. The van der Waals surface area contributed by atoms with Crippen molar-refractivity contribution in [2.75, 3.05) is 13.2 Å². The summed E-state index contributed by atoms with van der Waals surface area (Å²) in [4.78, 5) is 43.2. The number of alkyl carbamates (subject to hydrolysis) is 1. The Labute approximate surface area is 258 Å². The number of ether oxygens (including phenoxy) is 2. The molecule has 2 fully saturated rings. The average molecular weight is 613 g/mol. The second-order valence-corrected chi connectivity index (χ2v) is 13.5. The lowest BCUT2D eigenvalue weighted by Gasteiger charge is -2.34. The number of aliphatic hydroxyl groups excluding tert-OH is 1. The van der Waals surface area contributed by atoms with E-state index in [1.54, 1.807) is 32.9 Å². The number of carbonyl (C=O) groups excluding carboxylic acids is 3. The maximum Gasteiger partial charge on any atom is 0.410 e. The minimum absolute atomic E-state index is 0.0482. The van der Waals surface area contributed by atoms with Gasteiger partial charge in [-0.1, -0.05) is 43.7 Å². The van der Waals surface area contributed by atoms with Crippen molar-refractivity contribution in [1.82, 2.24) is 20.4 Å². The van der Waals surface area contributed by atoms with E-state index in [2.05, 4.69) is 29.4 Å². The number of benzene rings is 1. The number of amides is 3. The van der Waals surface area contributed by atoms with Crippen molar-refractivity contribution in [2.45, 2.75) is 108 Å². The number of allylic oxidation sites excluding steroid dienone is 1. The minimum atomic E-state index is -0.741. The molecule has 11 heteroatoms. The van der Waals surface area contributed by atoms with Crippen LogP contribution in [0.25, 0.3) is 0 Å². The molecule has 4 aliphatic rings. The zero-order chi connectivity index (χ0) is 31.6. The standard InChI is InChI=1S/C33H45FN4O6/c1-21-27(35-30(41)44-32(2,3)4)14-9-7-5-6-8-12-23-16-33(23,20-39)36-29(40)28-15-24(18-38(21)28)43-31(42)37-17-22-11-10-13-26(34)25(22)19-37/h8,10-13,23-24,27-28,39H,1,5-7,9,14-20H2,2-4H3,(H,35,41)(H,36,40)/b12-8-/t23-,24-,27+,28+,33+/m1/s1. The Morgan fingerprint density at radius 1 is 1.23 bits per heavy atom. The number of nitrogens with zero attached hydrogens (tertiary/aromatic N) is 2. The van der Waals surface area contributed by atoms with Crippen molar-refractivity contribution < 1.29 is 33.4 Å². The van der Waals surface area contributed by atoms with Gasteiger partial charge in [0.25, 0.3) is 0 Å². The topological polar surface area (TPSA) is 120 Å². The van der Waals surface area contributed by atoms with Gasteiger partial charge in [-0.05, 0) is 58.1 Å². The van der Waals surface area contributed by atoms with Crippen LogP contribution in [0.15, 0.2) is 42.6 Å². The highest BCUT2D eigenvalue weighted by molar-refractivity contribution is 5.84. The summed E-state index contributed by atoms with van der Waals surface area (Å²) >= 11 is 0. The van der Waals surface area contributed by atoms with Gasteiger partial charge in [-0.3, -0.25) is 9.69 Å². The monoisotopic (exact) mass is 612 g/mol. The fourth-order valence-electron chi connectivity index (χ4n) is 6.48. The highest BCUT2D eigenvalue weighted by atomic mass is 19.1. The first-order chi connectivity index (χ1) is 20.9. The molecule has 1 saturated heterocycles. The Hall–Kier alpha value is -3.60. The van der Waals surface area contributed by atoms with E-state index in [0.717, 1.165) is 31.2 Å². The van der Waals surface area contributed by atoms with Crippen LogP contribution in [0.5, 0.6) is 0 Å². The van der Waals surface area contributed by atoms with E-state index in [1.807, 2.05) is 4.90 Å². The number of hydrogen-bond acceptors (Lipinski definition) is 7. The molecule has 5 atom stereocenters. The molecule has 1 aliphatic carbocycles. The summed E-state index contributed by atoms with van der Waals surface area (Å²) in [5, 5.41) is 16.3. The molecular formula is C33H45FN4O6. The second kappa shape index (κ2) is 12.8. The van der Waals surface area contributed by atoms with Crippen LogP contribution in [0, 0.1) is 11.7 Å². The van der Waals surface area contributed by atoms with Crippen molar-refractivity contribution in [3.63, 3.8) is 0 Å². The molecule has 0 spiro atoms. The number of carbonyl (C=O) groups is 3. The van der Waals surface area contributed by atoms with Gasteiger partial charge in [0.05, 0.1) is 31.3 Å². The highest BCUT2D eigenvalue weighted by Gasteiger charge is 2.55. The van der Waals surface area contributed by atoms with Crippen molar-refractivity contribution in [2.24, 2.45) is 5.92 Å². The molecule has 0 aromatic heterocycles. The van der Waals surface area contributed by atoms with Crippen LogP contribution >= 0.6 is 0 Å². The van der Waals surface area contributed by atoms with Gasteiger partial charge in [-0.25, -0.2) is 14.0 Å². The molecule has 5 rings (SSSR count). The first-order valence-electron chi connectivity index (χ1n) is 15.7. The maximum absolute atomic E-state index is 14.3. The summed E-state index contributed by atoms with van der Waals surface area (Å²) in [6.07, 6.45) is 7.47. The summed E-state index contributed by atoms with van der Waals surface area (Å²) in [7, 11) is 0. The molecule has 3 amide bonds. The zero-order valence-corrected chi connectivity index (χ0v) is 25.9. The molecule has 1 aromatic rings. The van der Waals surface area contributed by atoms with Gasteiger partial charge in [0, 0.05) is 30.1 Å². The van der Waals surface area contributed by atoms with Gasteiger partial charge in [-0.15, -0.1) is 0 Å². The van der Waals surface area contributed by atoms with Crippen LogP contribution in [0.1, 0.15) is 76.8 Å². The summed E-state index contributed by atoms with van der Waals surface area (Å²) < 4.78 is 25.7. The molecule has 0 bridgehead atoms. The number of aliphatic hydroxyl groups is 1. The third-order valence-electron chi connectivity index (χ3n) is 9.00. The molecule has 3 N–H and O–H groups in total. The van der Waals surface area contributed by atoms with Gasteiger partial charge in [0.1, 0.15) is 23.6 Å². The fourth-order valence-corrected chi connectivity index (χ4v) is 6.48. The van der Waals surface area contributed by atoms with Gasteiger partial charge in [-0.2, -0.15) is 0 Å². The number of rotatable bonds is 3. The molecule has 0 unspecified atom stereocenters. The Balaban J connectivity index is 1.35. The van der Waals surface area contributed by atoms with Crippen LogP contribution in [0.3, 0.4) is 0 Å². The van der Waals surface area contributed by atoms with E-state index < -0.39 is 41.5 Å². The third kappa shape index (κ3) is 7.20. The summed E-state index contributed by atoms with van der Waals surface area (Å²) in [5.74, 6) is -0.602. The number of hydrogen-bond donors (Lipinski definition) is 3. The Morgan fingerprint density at radius 3 is 2.75 bits per heavy atom. The molecule has 1 saturated carbocycles. The number of halogens is 1. The summed E-state index contributed by atoms with van der Waals surface area (Å²) in [6, 6.07) is 3.54. The minimum Gasteiger partial charge on any atom is -0.444 e. The van der Waals surface area contributed by atoms with E-state index >= 15 is 0 Å². The maximum atomic E-state index is 14.3. The average Bonchev–Trinajstić information content (AvgIpc) is 3.26. The Morgan fingerprint density at radius 2 is 2.02 bits per heavy atom. The molecule has 0 radical (unpaired) electrons. The normalized spacial score (nSPS) is 29.8. The smallest absolute Gasteiger partial charge is 0.410 e. The molecule has 10 nitrogen and oxygen atoms in total. The van der Waals surface area contributed by atoms with Crippen LogP contribution in [0.2, 0.25) is 0 Å². The van der Waals surface area contributed by atoms with Gasteiger partial charge >= 0.3 is 12.2 Å². The van der Waals surface area contributed by atoms with Gasteiger partial charge in [0.2, 0.25) is 5.91 Å². The lowest BCUT2D eigenvalue weighted by Crippen LogP contribution is -2.52. The number of fused-ring (bicyclic) bond motifs is 3. The largest absolute Gasteiger partial charge is 0.444 e. The van der Waals surface area contributed by atoms with Gasteiger partial charge < -0.3 is 30.1 Å². The molecule has 44 heavy (non-hydrogen) atoms. The molecule has 240 valence electrons. The molecule has 3 aliphatic heterocycles. The predicted octanol–water partition coefficient (Wildman–Crippen LogP) is 4.52. The lowest BCUT2D eigenvalue weighted by molar-refractivity contribution is -0.126. The molecule has 1 aromatic carbocycles. The Bertz CT molecular complexity index is 1310. The van der Waals surface area contributed by atoms with Crippen LogP contribution < -0.4 is 10.6 Å². The van der Waals surface area contributed by atoms with E-state index in [4.69, 9.17) is 9.47 Å². The first kappa shape index (κ1) is 31.8. The van der Waals surface area contributed by atoms with Crippen molar-refractivity contribution in [3.8, 4) is 0 Å². The molecule has 3 heterocycles. The predicted molar refractivity (Wildman–Crippen MR) is 162 cm³/mol. The highest BCUT2D eigenvalue weighted by Crippen LogP contribution is 2.45. The Kier molecular flexibility index (Phi) is 9.25. The summed E-state index contributed by atoms with van der Waals surface area (Å²) in [5.41, 5.74) is 0.338. The third-order valence-corrected chi connectivity index (χ3v) is 9.00. The SMILES string of the molecule is C=C1[C@@H](NC(=O)OC(C)(C)C)CCCCC/C=C\[C@@H]2C[C@@]2(CO)NC(=O)[C@@H]2C[C@@H](OC(=O)N3Cc4cccc(F)c4C3)CN12. The first-order valence-corrected chi connectivity index (χ1v) is 15.7.